The number of nitrogens with zero attached hydrogens (tertiary/aromatic N) is 3. The van der Waals surface area contributed by atoms with E-state index in [1.165, 1.54) is 11.0 Å². The van der Waals surface area contributed by atoms with Crippen molar-refractivity contribution >= 4 is 21.8 Å². The van der Waals surface area contributed by atoms with E-state index in [9.17, 15) is 13.2 Å². The summed E-state index contributed by atoms with van der Waals surface area (Å²) in [5.74, 6) is -0.259. The van der Waals surface area contributed by atoms with E-state index in [0.29, 0.717) is 11.3 Å². The van der Waals surface area contributed by atoms with Crippen molar-refractivity contribution in [1.82, 2.24) is 14.7 Å². The number of hydrogen-bond donors (Lipinski definition) is 0. The van der Waals surface area contributed by atoms with Crippen LogP contribution in [0, 0.1) is 13.8 Å². The van der Waals surface area contributed by atoms with Crippen molar-refractivity contribution < 1.29 is 13.2 Å². The van der Waals surface area contributed by atoms with Crippen molar-refractivity contribution in [2.24, 2.45) is 0 Å². The van der Waals surface area contributed by atoms with Gasteiger partial charge < -0.3 is 4.90 Å². The Balaban J connectivity index is 2.38. The van der Waals surface area contributed by atoms with E-state index in [-0.39, 0.29) is 11.6 Å². The summed E-state index contributed by atoms with van der Waals surface area (Å²) >= 11 is 0. The molecular formula is C23H25N3O3S. The van der Waals surface area contributed by atoms with E-state index in [0.717, 1.165) is 34.0 Å². The van der Waals surface area contributed by atoms with Crippen LogP contribution in [-0.4, -0.2) is 49.4 Å². The molecular weight excluding hydrogens is 398 g/mol. The minimum atomic E-state index is -3.38. The largest absolute Gasteiger partial charge is 0.343 e. The molecule has 1 amide bonds. The Hall–Kier alpha value is -3.19. The van der Waals surface area contributed by atoms with Gasteiger partial charge >= 0.3 is 0 Å². The molecule has 30 heavy (non-hydrogen) atoms. The van der Waals surface area contributed by atoms with E-state index in [4.69, 9.17) is 0 Å². The Bertz CT molecular complexity index is 1200. The fourth-order valence-electron chi connectivity index (χ4n) is 3.02. The number of aryl methyl sites for hydroxylation is 2. The second-order valence-electron chi connectivity index (χ2n) is 7.55. The van der Waals surface area contributed by atoms with Gasteiger partial charge in [0.1, 0.15) is 0 Å². The van der Waals surface area contributed by atoms with Gasteiger partial charge in [-0.1, -0.05) is 47.5 Å². The molecule has 6 nitrogen and oxygen atoms in total. The summed E-state index contributed by atoms with van der Waals surface area (Å²) < 4.78 is 25.3. The predicted octanol–water partition coefficient (Wildman–Crippen LogP) is 3.87. The monoisotopic (exact) mass is 423 g/mol. The molecule has 0 spiro atoms. The van der Waals surface area contributed by atoms with Gasteiger partial charge in [0.05, 0.1) is 11.4 Å². The first-order chi connectivity index (χ1) is 14.1. The van der Waals surface area contributed by atoms with Crippen LogP contribution in [0.1, 0.15) is 27.3 Å². The van der Waals surface area contributed by atoms with Crippen molar-refractivity contribution in [3.63, 3.8) is 0 Å². The van der Waals surface area contributed by atoms with E-state index in [1.54, 1.807) is 18.8 Å². The number of amides is 1. The van der Waals surface area contributed by atoms with E-state index >= 15 is 0 Å². The zero-order valence-electron chi connectivity index (χ0n) is 17.7. The highest BCUT2D eigenvalue weighted by Gasteiger charge is 2.25. The number of sulfone groups is 1. The maximum atomic E-state index is 13.0. The van der Waals surface area contributed by atoms with Crippen LogP contribution in [0.2, 0.25) is 0 Å². The van der Waals surface area contributed by atoms with Crippen molar-refractivity contribution in [3.8, 4) is 16.8 Å². The first-order valence-corrected chi connectivity index (χ1v) is 11.4. The average Bonchev–Trinajstić information content (AvgIpc) is 3.05. The fourth-order valence-corrected chi connectivity index (χ4v) is 3.40. The Morgan fingerprint density at radius 3 is 2.00 bits per heavy atom. The third kappa shape index (κ3) is 4.68. The summed E-state index contributed by atoms with van der Waals surface area (Å²) in [5.41, 5.74) is 5.07. The first-order valence-electron chi connectivity index (χ1n) is 9.44. The first kappa shape index (κ1) is 21.5. The highest BCUT2D eigenvalue weighted by Crippen LogP contribution is 2.32. The zero-order chi connectivity index (χ0) is 22.1. The smallest absolute Gasteiger partial charge is 0.274 e. The lowest BCUT2D eigenvalue weighted by atomic mass is 10.0. The molecule has 3 aromatic rings. The Morgan fingerprint density at radius 1 is 0.967 bits per heavy atom. The lowest BCUT2D eigenvalue weighted by molar-refractivity contribution is 0.0822. The van der Waals surface area contributed by atoms with Crippen LogP contribution in [0.4, 0.5) is 0 Å². The molecule has 0 saturated carbocycles. The van der Waals surface area contributed by atoms with Gasteiger partial charge in [-0.15, -0.1) is 0 Å². The molecule has 7 heteroatoms. The molecule has 0 unspecified atom stereocenters. The standard InChI is InChI=1S/C23H25N3O3S/c1-16-6-10-18(11-7-16)21-20(14-15-30(5,28)29)26(19-12-8-17(2)9-13-19)24-22(21)23(27)25(3)4/h6-15H,1-5H3/b15-14+. The van der Waals surface area contributed by atoms with Crippen molar-refractivity contribution in [2.45, 2.75) is 13.8 Å². The SMILES string of the molecule is Cc1ccc(-c2c(C(=O)N(C)C)nn(-c3ccc(C)cc3)c2/C=C/S(C)(=O)=O)cc1. The van der Waals surface area contributed by atoms with E-state index in [1.807, 2.05) is 62.4 Å². The second-order valence-corrected chi connectivity index (χ2v) is 9.49. The van der Waals surface area contributed by atoms with Crippen LogP contribution < -0.4 is 0 Å². The number of carbonyl (C=O) groups excluding carboxylic acids is 1. The van der Waals surface area contributed by atoms with Gasteiger partial charge in [0.25, 0.3) is 5.91 Å². The third-order valence-corrected chi connectivity index (χ3v) is 5.25. The highest BCUT2D eigenvalue weighted by atomic mass is 32.2. The van der Waals surface area contributed by atoms with Gasteiger partial charge in [-0.05, 0) is 37.6 Å². The van der Waals surface area contributed by atoms with Crippen LogP contribution in [0.5, 0.6) is 0 Å². The second kappa shape index (κ2) is 8.28. The minimum Gasteiger partial charge on any atom is -0.343 e. The minimum absolute atomic E-state index is 0.259. The molecule has 0 saturated heterocycles. The van der Waals surface area contributed by atoms with Crippen LogP contribution in [-0.2, 0) is 9.84 Å². The highest BCUT2D eigenvalue weighted by molar-refractivity contribution is 7.93. The van der Waals surface area contributed by atoms with Gasteiger partial charge in [-0.2, -0.15) is 5.10 Å². The molecule has 2 aromatic carbocycles. The third-order valence-electron chi connectivity index (χ3n) is 4.62. The maximum absolute atomic E-state index is 13.0. The Kier molecular flexibility index (Phi) is 5.94. The molecule has 0 N–H and O–H groups in total. The molecule has 3 rings (SSSR count). The average molecular weight is 424 g/mol. The molecule has 0 radical (unpaired) electrons. The van der Waals surface area contributed by atoms with Crippen molar-refractivity contribution in [3.05, 3.63) is 76.5 Å². The van der Waals surface area contributed by atoms with Crippen molar-refractivity contribution in [1.29, 1.82) is 0 Å². The molecule has 1 aromatic heterocycles. The lowest BCUT2D eigenvalue weighted by Gasteiger charge is -2.10. The zero-order valence-corrected chi connectivity index (χ0v) is 18.6. The molecule has 0 bridgehead atoms. The Labute approximate surface area is 177 Å². The molecule has 0 aliphatic heterocycles. The van der Waals surface area contributed by atoms with Gasteiger partial charge in [-0.3, -0.25) is 4.79 Å². The quantitative estimate of drug-likeness (QED) is 0.624. The van der Waals surface area contributed by atoms with Gasteiger partial charge in [0.2, 0.25) is 0 Å². The summed E-state index contributed by atoms with van der Waals surface area (Å²) in [5, 5.41) is 5.75. The van der Waals surface area contributed by atoms with E-state index in [2.05, 4.69) is 5.10 Å². The number of benzene rings is 2. The number of rotatable bonds is 5. The molecule has 1 heterocycles. The predicted molar refractivity (Wildman–Crippen MR) is 120 cm³/mol. The van der Waals surface area contributed by atoms with Crippen LogP contribution in [0.15, 0.2) is 53.9 Å². The fraction of sp³-hybridized carbons (Fsp3) is 0.217. The summed E-state index contributed by atoms with van der Waals surface area (Å²) in [6.07, 6.45) is 2.64. The summed E-state index contributed by atoms with van der Waals surface area (Å²) in [6.45, 7) is 3.96. The van der Waals surface area contributed by atoms with Crippen molar-refractivity contribution in [2.75, 3.05) is 20.4 Å². The molecule has 0 aliphatic rings. The number of carbonyl (C=O) groups is 1. The summed E-state index contributed by atoms with van der Waals surface area (Å²) in [6, 6.07) is 15.4. The summed E-state index contributed by atoms with van der Waals surface area (Å²) in [7, 11) is -0.0483. The van der Waals surface area contributed by atoms with Gasteiger partial charge in [-0.25, -0.2) is 13.1 Å². The molecule has 0 fully saturated rings. The van der Waals surface area contributed by atoms with E-state index < -0.39 is 9.84 Å². The molecule has 0 atom stereocenters. The molecule has 0 aliphatic carbocycles. The summed E-state index contributed by atoms with van der Waals surface area (Å²) in [4.78, 5) is 14.4. The topological polar surface area (TPSA) is 72.3 Å². The van der Waals surface area contributed by atoms with Gasteiger partial charge in [0, 0.05) is 31.3 Å². The van der Waals surface area contributed by atoms with Crippen LogP contribution in [0.3, 0.4) is 0 Å². The van der Waals surface area contributed by atoms with Gasteiger partial charge in [0.15, 0.2) is 15.5 Å². The number of aromatic nitrogens is 2. The lowest BCUT2D eigenvalue weighted by Crippen LogP contribution is -2.23. The van der Waals surface area contributed by atoms with Crippen LogP contribution >= 0.6 is 0 Å². The molecule has 156 valence electrons. The number of hydrogen-bond acceptors (Lipinski definition) is 4. The normalized spacial score (nSPS) is 11.8. The van der Waals surface area contributed by atoms with Crippen LogP contribution in [0.25, 0.3) is 22.9 Å². The maximum Gasteiger partial charge on any atom is 0.274 e. The Morgan fingerprint density at radius 2 is 1.50 bits per heavy atom.